The third-order valence-corrected chi connectivity index (χ3v) is 8.68. The first-order valence-electron chi connectivity index (χ1n) is 11.5. The molecule has 0 saturated heterocycles. The molecule has 0 aromatic heterocycles. The molecule has 3 rings (SSSR count). The minimum Gasteiger partial charge on any atom is -0.497 e. The highest BCUT2D eigenvalue weighted by atomic mass is 33.1. The fourth-order valence-electron chi connectivity index (χ4n) is 3.79. The van der Waals surface area contributed by atoms with Crippen molar-refractivity contribution >= 4 is 21.6 Å². The molecular formula is C28H34O4S2. The van der Waals surface area contributed by atoms with Gasteiger partial charge in [0.1, 0.15) is 17.1 Å². The van der Waals surface area contributed by atoms with Crippen LogP contribution in [0.4, 0.5) is 0 Å². The lowest BCUT2D eigenvalue weighted by molar-refractivity contribution is 0.0118. The summed E-state index contributed by atoms with van der Waals surface area (Å²) in [6, 6.07) is 26.6. The zero-order chi connectivity index (χ0) is 24.2. The van der Waals surface area contributed by atoms with Gasteiger partial charge in [-0.25, -0.2) is 0 Å². The van der Waals surface area contributed by atoms with E-state index in [1.54, 1.807) is 14.2 Å². The number of rotatable bonds is 14. The molecule has 0 radical (unpaired) electrons. The normalized spacial score (nSPS) is 12.4. The second-order valence-electron chi connectivity index (χ2n) is 7.95. The lowest BCUT2D eigenvalue weighted by Crippen LogP contribution is -2.33. The molecule has 182 valence electrons. The fraction of sp³-hybridized carbons (Fsp3) is 0.357. The molecule has 1 unspecified atom stereocenters. The summed E-state index contributed by atoms with van der Waals surface area (Å²) in [4.78, 5) is 0. The molecule has 0 aliphatic rings. The van der Waals surface area contributed by atoms with Crippen molar-refractivity contribution in [2.24, 2.45) is 0 Å². The molecule has 1 N–H and O–H groups in total. The molecule has 3 aromatic carbocycles. The van der Waals surface area contributed by atoms with Crippen LogP contribution in [0.1, 0.15) is 36.5 Å². The maximum atomic E-state index is 8.99. The predicted molar refractivity (Wildman–Crippen MR) is 144 cm³/mol. The summed E-state index contributed by atoms with van der Waals surface area (Å²) in [7, 11) is 7.03. The number of ether oxygens (including phenoxy) is 3. The van der Waals surface area contributed by atoms with E-state index in [4.69, 9.17) is 19.3 Å². The zero-order valence-corrected chi connectivity index (χ0v) is 21.7. The van der Waals surface area contributed by atoms with E-state index in [2.05, 4.69) is 55.5 Å². The molecule has 0 bridgehead atoms. The predicted octanol–water partition coefficient (Wildman–Crippen LogP) is 6.55. The van der Waals surface area contributed by atoms with Gasteiger partial charge in [0.05, 0.1) is 14.2 Å². The van der Waals surface area contributed by atoms with Crippen LogP contribution in [0.3, 0.4) is 0 Å². The minimum atomic E-state index is -0.770. The van der Waals surface area contributed by atoms with Crippen LogP contribution >= 0.6 is 21.6 Å². The summed E-state index contributed by atoms with van der Waals surface area (Å²) in [5, 5.41) is 9.43. The summed E-state index contributed by atoms with van der Waals surface area (Å²) in [5.74, 6) is 2.58. The van der Waals surface area contributed by atoms with Gasteiger partial charge in [-0.1, -0.05) is 83.1 Å². The van der Waals surface area contributed by atoms with Gasteiger partial charge in [0, 0.05) is 24.2 Å². The Morgan fingerprint density at radius 2 is 1.32 bits per heavy atom. The van der Waals surface area contributed by atoms with Crippen molar-refractivity contribution in [1.82, 2.24) is 0 Å². The van der Waals surface area contributed by atoms with Crippen molar-refractivity contribution in [1.29, 1.82) is 0 Å². The summed E-state index contributed by atoms with van der Waals surface area (Å²) in [6.45, 7) is 3.07. The molecule has 0 aliphatic carbocycles. The van der Waals surface area contributed by atoms with Crippen LogP contribution in [-0.4, -0.2) is 43.5 Å². The minimum absolute atomic E-state index is 0.244. The van der Waals surface area contributed by atoms with E-state index in [9.17, 15) is 0 Å². The van der Waals surface area contributed by atoms with Crippen molar-refractivity contribution in [2.45, 2.75) is 30.6 Å². The van der Waals surface area contributed by atoms with Crippen molar-refractivity contribution in [3.05, 3.63) is 95.6 Å². The largest absolute Gasteiger partial charge is 0.497 e. The van der Waals surface area contributed by atoms with E-state index in [1.807, 2.05) is 51.9 Å². The van der Waals surface area contributed by atoms with Crippen molar-refractivity contribution in [3.63, 3.8) is 0 Å². The van der Waals surface area contributed by atoms with Gasteiger partial charge in [-0.3, -0.25) is 0 Å². The van der Waals surface area contributed by atoms with Crippen LogP contribution in [0.2, 0.25) is 0 Å². The van der Waals surface area contributed by atoms with E-state index >= 15 is 0 Å². The Hall–Kier alpha value is -2.12. The van der Waals surface area contributed by atoms with Crippen LogP contribution in [-0.2, 0) is 10.3 Å². The summed E-state index contributed by atoms with van der Waals surface area (Å²) in [6.07, 6.45) is 1.74. The molecule has 0 spiro atoms. The zero-order valence-electron chi connectivity index (χ0n) is 20.1. The molecule has 0 fully saturated rings. The molecule has 0 aliphatic heterocycles. The Kier molecular flexibility index (Phi) is 10.7. The fourth-order valence-corrected chi connectivity index (χ4v) is 6.18. The van der Waals surface area contributed by atoms with Crippen LogP contribution in [0, 0.1) is 0 Å². The van der Waals surface area contributed by atoms with Crippen LogP contribution in [0.15, 0.2) is 78.9 Å². The highest BCUT2D eigenvalue weighted by Gasteiger charge is 2.37. The molecule has 6 heteroatoms. The van der Waals surface area contributed by atoms with Gasteiger partial charge in [-0.2, -0.15) is 0 Å². The van der Waals surface area contributed by atoms with Gasteiger partial charge in [0.2, 0.25) is 0 Å². The van der Waals surface area contributed by atoms with Gasteiger partial charge in [0.15, 0.2) is 0 Å². The van der Waals surface area contributed by atoms with Gasteiger partial charge in [-0.15, -0.1) is 0 Å². The maximum Gasteiger partial charge on any atom is 0.143 e. The Labute approximate surface area is 211 Å². The molecule has 0 saturated carbocycles. The number of benzene rings is 3. The van der Waals surface area contributed by atoms with E-state index in [-0.39, 0.29) is 6.61 Å². The van der Waals surface area contributed by atoms with Crippen molar-refractivity contribution < 1.29 is 19.3 Å². The summed E-state index contributed by atoms with van der Waals surface area (Å²) < 4.78 is 17.7. The van der Waals surface area contributed by atoms with E-state index in [0.29, 0.717) is 11.9 Å². The molecule has 0 heterocycles. The SMILES string of the molecule is COc1ccc(C(OCCC(C)SSCCCO)(c2ccccc2)c2ccc(OC)cc2)cc1. The average molecular weight is 499 g/mol. The Bertz CT molecular complexity index is 914. The second kappa shape index (κ2) is 13.7. The molecule has 4 nitrogen and oxygen atoms in total. The molecule has 34 heavy (non-hydrogen) atoms. The summed E-state index contributed by atoms with van der Waals surface area (Å²) >= 11 is 0. The van der Waals surface area contributed by atoms with E-state index in [0.717, 1.165) is 46.8 Å². The van der Waals surface area contributed by atoms with Gasteiger partial charge in [0.25, 0.3) is 0 Å². The quantitative estimate of drug-likeness (QED) is 0.154. The first kappa shape index (κ1) is 26.5. The van der Waals surface area contributed by atoms with E-state index < -0.39 is 5.60 Å². The van der Waals surface area contributed by atoms with Crippen LogP contribution in [0.25, 0.3) is 0 Å². The van der Waals surface area contributed by atoms with Crippen LogP contribution < -0.4 is 9.47 Å². The van der Waals surface area contributed by atoms with Crippen molar-refractivity contribution in [3.8, 4) is 11.5 Å². The maximum absolute atomic E-state index is 8.99. The third-order valence-electron chi connectivity index (χ3n) is 5.63. The monoisotopic (exact) mass is 498 g/mol. The van der Waals surface area contributed by atoms with Crippen molar-refractivity contribution in [2.75, 3.05) is 33.2 Å². The number of hydrogen-bond acceptors (Lipinski definition) is 6. The Morgan fingerprint density at radius 3 is 1.82 bits per heavy atom. The van der Waals surface area contributed by atoms with Gasteiger partial charge in [-0.05, 0) is 53.8 Å². The summed E-state index contributed by atoms with van der Waals surface area (Å²) in [5.41, 5.74) is 2.39. The smallest absolute Gasteiger partial charge is 0.143 e. The first-order chi connectivity index (χ1) is 16.6. The standard InChI is InChI=1S/C28H34O4S2/c1-22(34-33-21-7-19-29)18-20-32-28(23-8-5-4-6-9-23,24-10-14-26(30-2)15-11-24)25-12-16-27(31-3)17-13-25/h4-6,8-17,22,29H,7,18-21H2,1-3H3. The number of aliphatic hydroxyl groups excluding tert-OH is 1. The second-order valence-corrected chi connectivity index (χ2v) is 10.9. The molecule has 3 aromatic rings. The number of methoxy groups -OCH3 is 2. The lowest BCUT2D eigenvalue weighted by atomic mass is 9.80. The topological polar surface area (TPSA) is 47.9 Å². The Morgan fingerprint density at radius 1 is 0.794 bits per heavy atom. The van der Waals surface area contributed by atoms with E-state index in [1.165, 1.54) is 0 Å². The lowest BCUT2D eigenvalue weighted by Gasteiger charge is -2.36. The number of aliphatic hydroxyl groups is 1. The van der Waals surface area contributed by atoms with Gasteiger partial charge < -0.3 is 19.3 Å². The first-order valence-corrected chi connectivity index (χ1v) is 13.9. The third kappa shape index (κ3) is 6.72. The molecule has 0 amide bonds. The number of hydrogen-bond donors (Lipinski definition) is 1. The molecule has 1 atom stereocenters. The Balaban J connectivity index is 1.95. The molecular weight excluding hydrogens is 464 g/mol. The highest BCUT2D eigenvalue weighted by molar-refractivity contribution is 8.76. The van der Waals surface area contributed by atoms with Gasteiger partial charge >= 0.3 is 0 Å². The van der Waals surface area contributed by atoms with Crippen LogP contribution in [0.5, 0.6) is 11.5 Å². The average Bonchev–Trinajstić information content (AvgIpc) is 2.90. The highest BCUT2D eigenvalue weighted by Crippen LogP contribution is 2.42.